The van der Waals surface area contributed by atoms with Gasteiger partial charge >= 0.3 is 5.97 Å². The number of hydrogen-bond donors (Lipinski definition) is 1. The van der Waals surface area contributed by atoms with Crippen molar-refractivity contribution in [3.05, 3.63) is 54.1 Å². The van der Waals surface area contributed by atoms with Crippen LogP contribution in [0.1, 0.15) is 24.2 Å². The highest BCUT2D eigenvalue weighted by molar-refractivity contribution is 6.12. The summed E-state index contributed by atoms with van der Waals surface area (Å²) in [5.74, 6) is -0.242. The normalized spacial score (nSPS) is 11.2. The zero-order chi connectivity index (χ0) is 15.7. The number of phenolic OH excluding ortho intramolecular Hbond substituents is 1. The van der Waals surface area contributed by atoms with Gasteiger partial charge in [0.1, 0.15) is 11.3 Å². The minimum Gasteiger partial charge on any atom is -0.506 e. The Kier molecular flexibility index (Phi) is 3.72. The molecule has 1 N–H and O–H groups in total. The molecule has 3 aromatic carbocycles. The fourth-order valence-electron chi connectivity index (χ4n) is 2.56. The molecule has 3 rings (SSSR count). The quantitative estimate of drug-likeness (QED) is 0.571. The van der Waals surface area contributed by atoms with Gasteiger partial charge in [-0.3, -0.25) is 0 Å². The van der Waals surface area contributed by atoms with E-state index in [1.165, 1.54) is 0 Å². The van der Waals surface area contributed by atoms with Crippen LogP contribution in [-0.2, 0) is 4.74 Å². The van der Waals surface area contributed by atoms with E-state index in [0.717, 1.165) is 16.2 Å². The maximum absolute atomic E-state index is 12.1. The van der Waals surface area contributed by atoms with Gasteiger partial charge < -0.3 is 9.84 Å². The van der Waals surface area contributed by atoms with Gasteiger partial charge in [0, 0.05) is 5.39 Å². The highest BCUT2D eigenvalue weighted by Gasteiger charge is 2.16. The van der Waals surface area contributed by atoms with E-state index in [0.29, 0.717) is 12.0 Å². The number of ether oxygens (including phenoxy) is 1. The first kappa shape index (κ1) is 14.4. The summed E-state index contributed by atoms with van der Waals surface area (Å²) in [6.45, 7) is 4.29. The second-order valence-electron chi connectivity index (χ2n) is 5.84. The van der Waals surface area contributed by atoms with Crippen LogP contribution in [0.5, 0.6) is 5.75 Å². The van der Waals surface area contributed by atoms with Crippen molar-refractivity contribution in [1.82, 2.24) is 0 Å². The molecular weight excluding hydrogens is 276 g/mol. The zero-order valence-electron chi connectivity index (χ0n) is 12.7. The number of benzene rings is 3. The van der Waals surface area contributed by atoms with E-state index in [9.17, 15) is 9.90 Å². The van der Waals surface area contributed by atoms with Gasteiger partial charge in [0.15, 0.2) is 0 Å². The smallest absolute Gasteiger partial charge is 0.341 e. The lowest BCUT2D eigenvalue weighted by Gasteiger charge is -2.11. The molecule has 112 valence electrons. The molecule has 0 saturated heterocycles. The van der Waals surface area contributed by atoms with Gasteiger partial charge in [0.05, 0.1) is 6.61 Å². The predicted octanol–water partition coefficient (Wildman–Crippen LogP) is 4.51. The predicted molar refractivity (Wildman–Crippen MR) is 88.2 cm³/mol. The van der Waals surface area contributed by atoms with Crippen LogP contribution < -0.4 is 0 Å². The molecule has 0 amide bonds. The fourth-order valence-corrected chi connectivity index (χ4v) is 2.56. The molecule has 3 aromatic rings. The molecule has 0 atom stereocenters. The summed E-state index contributed by atoms with van der Waals surface area (Å²) >= 11 is 0. The SMILES string of the molecule is CC(C)COC(=O)c1ccc2c(ccc3ccccc32)c1O. The van der Waals surface area contributed by atoms with Gasteiger partial charge in [-0.05, 0) is 34.2 Å². The molecule has 3 nitrogen and oxygen atoms in total. The maximum atomic E-state index is 12.1. The van der Waals surface area contributed by atoms with E-state index in [1.54, 1.807) is 6.07 Å². The summed E-state index contributed by atoms with van der Waals surface area (Å²) in [5, 5.41) is 14.2. The van der Waals surface area contributed by atoms with Crippen molar-refractivity contribution in [3.63, 3.8) is 0 Å². The molecule has 0 aliphatic rings. The summed E-state index contributed by atoms with van der Waals surface area (Å²) < 4.78 is 5.21. The van der Waals surface area contributed by atoms with Crippen molar-refractivity contribution in [1.29, 1.82) is 0 Å². The lowest BCUT2D eigenvalue weighted by Crippen LogP contribution is -2.10. The zero-order valence-corrected chi connectivity index (χ0v) is 12.7. The van der Waals surface area contributed by atoms with Crippen LogP contribution in [0.2, 0.25) is 0 Å². The molecule has 0 saturated carbocycles. The van der Waals surface area contributed by atoms with E-state index < -0.39 is 5.97 Å². The van der Waals surface area contributed by atoms with E-state index in [4.69, 9.17) is 4.74 Å². The second kappa shape index (κ2) is 5.68. The third-order valence-electron chi connectivity index (χ3n) is 3.67. The van der Waals surface area contributed by atoms with Crippen molar-refractivity contribution in [2.45, 2.75) is 13.8 Å². The molecule has 0 unspecified atom stereocenters. The second-order valence-corrected chi connectivity index (χ2v) is 5.84. The fraction of sp³-hybridized carbons (Fsp3) is 0.211. The summed E-state index contributed by atoms with van der Waals surface area (Å²) in [5.41, 5.74) is 0.212. The van der Waals surface area contributed by atoms with Crippen LogP contribution in [0.3, 0.4) is 0 Å². The number of carbonyl (C=O) groups is 1. The van der Waals surface area contributed by atoms with E-state index >= 15 is 0 Å². The summed E-state index contributed by atoms with van der Waals surface area (Å²) in [6, 6.07) is 15.3. The Balaban J connectivity index is 2.10. The molecule has 0 radical (unpaired) electrons. The average molecular weight is 294 g/mol. The van der Waals surface area contributed by atoms with Crippen LogP contribution in [0.4, 0.5) is 0 Å². The Morgan fingerprint density at radius 2 is 1.73 bits per heavy atom. The van der Waals surface area contributed by atoms with Crippen molar-refractivity contribution >= 4 is 27.5 Å². The number of aromatic hydroxyl groups is 1. The minimum absolute atomic E-state index is 0.0167. The standard InChI is InChI=1S/C19H18O3/c1-12(2)11-22-19(21)17-10-9-15-14-6-4-3-5-13(14)7-8-16(15)18(17)20/h3-10,12,20H,11H2,1-2H3. The van der Waals surface area contributed by atoms with Crippen LogP contribution in [-0.4, -0.2) is 17.7 Å². The third kappa shape index (κ3) is 2.50. The number of hydrogen-bond acceptors (Lipinski definition) is 3. The van der Waals surface area contributed by atoms with Crippen LogP contribution in [0.25, 0.3) is 21.5 Å². The number of phenols is 1. The van der Waals surface area contributed by atoms with Crippen molar-refractivity contribution in [3.8, 4) is 5.75 Å². The van der Waals surface area contributed by atoms with E-state index in [1.807, 2.05) is 56.3 Å². The van der Waals surface area contributed by atoms with Crippen molar-refractivity contribution in [2.75, 3.05) is 6.61 Å². The lowest BCUT2D eigenvalue weighted by molar-refractivity contribution is 0.0456. The van der Waals surface area contributed by atoms with Crippen LogP contribution in [0.15, 0.2) is 48.5 Å². The Bertz CT molecular complexity index is 850. The number of fused-ring (bicyclic) bond motifs is 3. The van der Waals surface area contributed by atoms with Crippen LogP contribution >= 0.6 is 0 Å². The number of esters is 1. The van der Waals surface area contributed by atoms with E-state index in [-0.39, 0.29) is 17.2 Å². The third-order valence-corrected chi connectivity index (χ3v) is 3.67. The Morgan fingerprint density at radius 3 is 2.50 bits per heavy atom. The molecule has 0 aromatic heterocycles. The summed E-state index contributed by atoms with van der Waals surface area (Å²) in [6.07, 6.45) is 0. The summed E-state index contributed by atoms with van der Waals surface area (Å²) in [4.78, 5) is 12.1. The maximum Gasteiger partial charge on any atom is 0.341 e. The van der Waals surface area contributed by atoms with Crippen molar-refractivity contribution < 1.29 is 14.6 Å². The molecular formula is C19H18O3. The summed E-state index contributed by atoms with van der Waals surface area (Å²) in [7, 11) is 0. The number of carbonyl (C=O) groups excluding carboxylic acids is 1. The number of rotatable bonds is 3. The first-order chi connectivity index (χ1) is 10.6. The van der Waals surface area contributed by atoms with Gasteiger partial charge in [-0.1, -0.05) is 50.2 Å². The topological polar surface area (TPSA) is 46.5 Å². The van der Waals surface area contributed by atoms with Gasteiger partial charge in [-0.15, -0.1) is 0 Å². The lowest BCUT2D eigenvalue weighted by atomic mass is 9.99. The monoisotopic (exact) mass is 294 g/mol. The molecule has 0 aliphatic heterocycles. The molecule has 0 spiro atoms. The molecule has 0 fully saturated rings. The van der Waals surface area contributed by atoms with Gasteiger partial charge in [-0.2, -0.15) is 0 Å². The highest BCUT2D eigenvalue weighted by atomic mass is 16.5. The molecule has 0 bridgehead atoms. The highest BCUT2D eigenvalue weighted by Crippen LogP contribution is 2.33. The molecule has 0 heterocycles. The van der Waals surface area contributed by atoms with E-state index in [2.05, 4.69) is 0 Å². The Morgan fingerprint density at radius 1 is 1.00 bits per heavy atom. The minimum atomic E-state index is -0.485. The van der Waals surface area contributed by atoms with Crippen molar-refractivity contribution in [2.24, 2.45) is 5.92 Å². The first-order valence-electron chi connectivity index (χ1n) is 7.38. The van der Waals surface area contributed by atoms with Gasteiger partial charge in [0.25, 0.3) is 0 Å². The van der Waals surface area contributed by atoms with Gasteiger partial charge in [0.2, 0.25) is 0 Å². The Labute approximate surface area is 129 Å². The average Bonchev–Trinajstić information content (AvgIpc) is 2.52. The molecule has 3 heteroatoms. The van der Waals surface area contributed by atoms with Crippen LogP contribution in [0, 0.1) is 5.92 Å². The van der Waals surface area contributed by atoms with Gasteiger partial charge in [-0.25, -0.2) is 4.79 Å². The largest absolute Gasteiger partial charge is 0.506 e. The first-order valence-corrected chi connectivity index (χ1v) is 7.38. The molecule has 0 aliphatic carbocycles. The molecule has 22 heavy (non-hydrogen) atoms. The Hall–Kier alpha value is -2.55.